The number of hydrogen-bond acceptors (Lipinski definition) is 5. The van der Waals surface area contributed by atoms with Crippen molar-refractivity contribution in [1.29, 1.82) is 5.41 Å². The number of aromatic hydroxyl groups is 1. The molecule has 2 aromatic rings. The summed E-state index contributed by atoms with van der Waals surface area (Å²) in [6, 6.07) is 12.6. The summed E-state index contributed by atoms with van der Waals surface area (Å²) in [6.07, 6.45) is 1.72. The predicted octanol–water partition coefficient (Wildman–Crippen LogP) is 1.92. The average Bonchev–Trinajstić information content (AvgIpc) is 2.97. The van der Waals surface area contributed by atoms with E-state index in [-0.39, 0.29) is 11.6 Å². The van der Waals surface area contributed by atoms with E-state index in [9.17, 15) is 20.1 Å². The number of nitrogens with one attached hydrogen (secondary N) is 1. The van der Waals surface area contributed by atoms with E-state index in [1.54, 1.807) is 24.3 Å². The Morgan fingerprint density at radius 2 is 1.86 bits per heavy atom. The number of carbonyl (C=O) groups is 1. The molecule has 6 heteroatoms. The number of unbranched alkanes of at least 4 members (excludes halogenated alkanes) is 1. The van der Waals surface area contributed by atoms with E-state index in [4.69, 9.17) is 11.1 Å². The average molecular weight is 381 g/mol. The van der Waals surface area contributed by atoms with Gasteiger partial charge in [-0.25, -0.2) is 0 Å². The van der Waals surface area contributed by atoms with Crippen LogP contribution in [0.4, 0.5) is 0 Å². The van der Waals surface area contributed by atoms with Crippen LogP contribution in [0, 0.1) is 11.3 Å². The van der Waals surface area contributed by atoms with Gasteiger partial charge in [0.1, 0.15) is 5.75 Å². The molecule has 5 N–H and O–H groups in total. The van der Waals surface area contributed by atoms with E-state index in [1.807, 2.05) is 18.2 Å². The number of carboxylic acids is 1. The quantitative estimate of drug-likeness (QED) is 0.315. The number of aliphatic hydroxyl groups is 1. The minimum absolute atomic E-state index is 0.0924. The van der Waals surface area contributed by atoms with Crippen LogP contribution >= 0.6 is 0 Å². The Morgan fingerprint density at radius 3 is 2.50 bits per heavy atom. The van der Waals surface area contributed by atoms with Gasteiger partial charge in [0.25, 0.3) is 0 Å². The molecular formula is C22H25N2O4-. The Morgan fingerprint density at radius 1 is 1.18 bits per heavy atom. The maximum atomic E-state index is 11.8. The zero-order chi connectivity index (χ0) is 20.3. The highest BCUT2D eigenvalue weighted by Crippen LogP contribution is 2.42. The predicted molar refractivity (Wildman–Crippen MR) is 105 cm³/mol. The second kappa shape index (κ2) is 8.44. The number of amidine groups is 1. The molecule has 2 aromatic carbocycles. The number of carbonyl (C=O) groups excluding carboxylic acids is 1. The minimum atomic E-state index is -1.16. The number of benzene rings is 2. The van der Waals surface area contributed by atoms with E-state index < -0.39 is 23.9 Å². The summed E-state index contributed by atoms with van der Waals surface area (Å²) in [4.78, 5) is 11.8. The summed E-state index contributed by atoms with van der Waals surface area (Å²) in [6.45, 7) is 0. The van der Waals surface area contributed by atoms with Crippen molar-refractivity contribution in [2.24, 2.45) is 11.7 Å². The molecule has 0 radical (unpaired) electrons. The van der Waals surface area contributed by atoms with Gasteiger partial charge >= 0.3 is 0 Å². The number of carboxylic acid groups (broad SMARTS) is 1. The van der Waals surface area contributed by atoms with Crippen LogP contribution in [0.2, 0.25) is 0 Å². The Bertz CT molecular complexity index is 863. The lowest BCUT2D eigenvalue weighted by molar-refractivity contribution is -0.313. The largest absolute Gasteiger partial charge is 0.550 e. The number of phenolic OH excluding ortho intramolecular Hbond substituents is 1. The molecule has 3 rings (SSSR count). The number of aliphatic carboxylic acids is 1. The smallest absolute Gasteiger partial charge is 0.115 e. The highest BCUT2D eigenvalue weighted by atomic mass is 16.4. The standard InChI is InChI=1S/C22H26N2O4/c23-20(24)4-2-1-3-17(22(27)28)21-18-11-14(5-6-15(18)12-19(21)26)13-7-9-16(25)10-8-13/h5-11,17,19,21,25-26H,1-4,12H2,(H3,23,24)(H,27,28)/p-1/t17-,19+,21+/m1/s1. The fourth-order valence-electron chi connectivity index (χ4n) is 4.09. The highest BCUT2D eigenvalue weighted by Gasteiger charge is 2.37. The second-order valence-electron chi connectivity index (χ2n) is 7.45. The van der Waals surface area contributed by atoms with Crippen LogP contribution in [0.5, 0.6) is 5.75 Å². The van der Waals surface area contributed by atoms with E-state index in [2.05, 4.69) is 0 Å². The second-order valence-corrected chi connectivity index (χ2v) is 7.45. The number of nitrogens with two attached hydrogens (primary N) is 1. The van der Waals surface area contributed by atoms with Crippen molar-refractivity contribution in [2.45, 2.75) is 44.1 Å². The van der Waals surface area contributed by atoms with Crippen molar-refractivity contribution in [3.8, 4) is 16.9 Å². The molecule has 148 valence electrons. The first-order valence-corrected chi connectivity index (χ1v) is 9.51. The number of hydrogen-bond donors (Lipinski definition) is 4. The first-order chi connectivity index (χ1) is 13.4. The Hall–Kier alpha value is -2.86. The summed E-state index contributed by atoms with van der Waals surface area (Å²) in [7, 11) is 0. The molecule has 0 unspecified atom stereocenters. The fraction of sp³-hybridized carbons (Fsp3) is 0.364. The van der Waals surface area contributed by atoms with Crippen LogP contribution < -0.4 is 10.8 Å². The first kappa shape index (κ1) is 19.9. The van der Waals surface area contributed by atoms with Gasteiger partial charge in [-0.2, -0.15) is 0 Å². The molecule has 0 heterocycles. The van der Waals surface area contributed by atoms with Gasteiger partial charge in [0, 0.05) is 24.2 Å². The number of aliphatic hydroxyl groups excluding tert-OH is 1. The molecule has 28 heavy (non-hydrogen) atoms. The maximum absolute atomic E-state index is 11.8. The summed E-state index contributed by atoms with van der Waals surface area (Å²) >= 11 is 0. The first-order valence-electron chi connectivity index (χ1n) is 9.51. The zero-order valence-electron chi connectivity index (χ0n) is 15.6. The molecule has 0 saturated carbocycles. The van der Waals surface area contributed by atoms with Crippen LogP contribution in [0.15, 0.2) is 42.5 Å². The zero-order valence-corrected chi connectivity index (χ0v) is 15.6. The van der Waals surface area contributed by atoms with Gasteiger partial charge < -0.3 is 25.8 Å². The number of fused-ring (bicyclic) bond motifs is 1. The lowest BCUT2D eigenvalue weighted by Gasteiger charge is -2.28. The third-order valence-electron chi connectivity index (χ3n) is 5.50. The molecule has 6 nitrogen and oxygen atoms in total. The van der Waals surface area contributed by atoms with Crippen LogP contribution in [-0.4, -0.2) is 28.1 Å². The van der Waals surface area contributed by atoms with Crippen LogP contribution in [0.3, 0.4) is 0 Å². The number of rotatable bonds is 8. The fourth-order valence-corrected chi connectivity index (χ4v) is 4.09. The van der Waals surface area contributed by atoms with Gasteiger partial charge in [0.05, 0.1) is 11.9 Å². The molecule has 1 aliphatic rings. The molecule has 0 bridgehead atoms. The monoisotopic (exact) mass is 381 g/mol. The Kier molecular flexibility index (Phi) is 5.99. The number of phenols is 1. The van der Waals surface area contributed by atoms with Gasteiger partial charge in [0.2, 0.25) is 0 Å². The van der Waals surface area contributed by atoms with Crippen molar-refractivity contribution >= 4 is 11.8 Å². The Balaban J connectivity index is 1.86. The lowest BCUT2D eigenvalue weighted by Crippen LogP contribution is -2.38. The van der Waals surface area contributed by atoms with E-state index in [1.165, 1.54) is 0 Å². The maximum Gasteiger partial charge on any atom is 0.115 e. The van der Waals surface area contributed by atoms with Crippen molar-refractivity contribution in [1.82, 2.24) is 0 Å². The van der Waals surface area contributed by atoms with E-state index in [0.29, 0.717) is 32.1 Å². The van der Waals surface area contributed by atoms with Crippen molar-refractivity contribution < 1.29 is 20.1 Å². The van der Waals surface area contributed by atoms with E-state index in [0.717, 1.165) is 22.3 Å². The summed E-state index contributed by atoms with van der Waals surface area (Å²) in [5, 5.41) is 39.2. The van der Waals surface area contributed by atoms with Crippen LogP contribution in [-0.2, 0) is 11.2 Å². The molecule has 3 atom stereocenters. The summed E-state index contributed by atoms with van der Waals surface area (Å²) in [5.41, 5.74) is 8.97. The normalized spacial score (nSPS) is 19.2. The molecule has 0 amide bonds. The Labute approximate surface area is 164 Å². The molecular weight excluding hydrogens is 356 g/mol. The van der Waals surface area contributed by atoms with Crippen molar-refractivity contribution in [3.05, 3.63) is 53.6 Å². The van der Waals surface area contributed by atoms with Crippen LogP contribution in [0.1, 0.15) is 42.7 Å². The summed E-state index contributed by atoms with van der Waals surface area (Å²) < 4.78 is 0. The summed E-state index contributed by atoms with van der Waals surface area (Å²) in [5.74, 6) is -2.20. The van der Waals surface area contributed by atoms with Gasteiger partial charge in [-0.1, -0.05) is 36.8 Å². The third kappa shape index (κ3) is 4.34. The molecule has 0 aliphatic heterocycles. The lowest BCUT2D eigenvalue weighted by atomic mass is 9.82. The van der Waals surface area contributed by atoms with Gasteiger partial charge in [-0.3, -0.25) is 5.41 Å². The molecule has 0 spiro atoms. The molecule has 0 saturated heterocycles. The minimum Gasteiger partial charge on any atom is -0.550 e. The van der Waals surface area contributed by atoms with Crippen LogP contribution in [0.25, 0.3) is 11.1 Å². The third-order valence-corrected chi connectivity index (χ3v) is 5.50. The van der Waals surface area contributed by atoms with Gasteiger partial charge in [-0.05, 0) is 53.6 Å². The topological polar surface area (TPSA) is 130 Å². The molecule has 1 aliphatic carbocycles. The SMILES string of the molecule is N=C(N)CCCC[C@@H](C(=O)[O-])[C@H]1c2cc(-c3ccc(O)cc3)ccc2C[C@@H]1O. The molecule has 0 aromatic heterocycles. The van der Waals surface area contributed by atoms with Gasteiger partial charge in [0.15, 0.2) is 0 Å². The van der Waals surface area contributed by atoms with E-state index >= 15 is 0 Å². The van der Waals surface area contributed by atoms with Crippen molar-refractivity contribution in [3.63, 3.8) is 0 Å². The molecule has 0 fully saturated rings. The highest BCUT2D eigenvalue weighted by molar-refractivity contribution is 5.76. The van der Waals surface area contributed by atoms with Crippen molar-refractivity contribution in [2.75, 3.05) is 0 Å². The van der Waals surface area contributed by atoms with Gasteiger partial charge in [-0.15, -0.1) is 0 Å².